The first-order valence-electron chi connectivity index (χ1n) is 5.04. The normalized spacial score (nSPS) is 41.8. The van der Waals surface area contributed by atoms with Gasteiger partial charge in [-0.3, -0.25) is 0 Å². The van der Waals surface area contributed by atoms with E-state index in [2.05, 4.69) is 0 Å². The summed E-state index contributed by atoms with van der Waals surface area (Å²) in [5.74, 6) is 0. The van der Waals surface area contributed by atoms with E-state index in [1.165, 1.54) is 0 Å². The van der Waals surface area contributed by atoms with Gasteiger partial charge in [0, 0.05) is 6.61 Å². The van der Waals surface area contributed by atoms with Gasteiger partial charge in [-0.05, 0) is 6.42 Å². The second-order valence-corrected chi connectivity index (χ2v) is 3.57. The molecule has 1 saturated heterocycles. The zero-order valence-electron chi connectivity index (χ0n) is 8.61. The summed E-state index contributed by atoms with van der Waals surface area (Å²) in [4.78, 5) is 0. The van der Waals surface area contributed by atoms with Crippen LogP contribution in [0.5, 0.6) is 0 Å². The Balaban J connectivity index is 2.57. The van der Waals surface area contributed by atoms with Crippen molar-refractivity contribution in [3.8, 4) is 0 Å². The van der Waals surface area contributed by atoms with Gasteiger partial charge in [-0.2, -0.15) is 0 Å². The molecule has 15 heavy (non-hydrogen) atoms. The van der Waals surface area contributed by atoms with Gasteiger partial charge in [0.15, 0.2) is 6.29 Å². The lowest BCUT2D eigenvalue weighted by Crippen LogP contribution is -2.59. The van der Waals surface area contributed by atoms with Crippen LogP contribution in [0.15, 0.2) is 0 Å². The summed E-state index contributed by atoms with van der Waals surface area (Å²) in [5.41, 5.74) is 0. The topological polar surface area (TPSA) is 99.4 Å². The number of aliphatic hydroxyl groups is 4. The van der Waals surface area contributed by atoms with Gasteiger partial charge in [-0.25, -0.2) is 0 Å². The molecule has 0 aliphatic carbocycles. The fraction of sp³-hybridized carbons (Fsp3) is 1.00. The van der Waals surface area contributed by atoms with Gasteiger partial charge in [0.05, 0.1) is 6.61 Å². The van der Waals surface area contributed by atoms with E-state index >= 15 is 0 Å². The third-order valence-electron chi connectivity index (χ3n) is 2.33. The van der Waals surface area contributed by atoms with Crippen molar-refractivity contribution in [3.05, 3.63) is 0 Å². The predicted octanol–water partition coefficient (Wildman–Crippen LogP) is -1.79. The summed E-state index contributed by atoms with van der Waals surface area (Å²) >= 11 is 0. The van der Waals surface area contributed by atoms with Gasteiger partial charge in [0.25, 0.3) is 0 Å². The Morgan fingerprint density at radius 1 is 1.13 bits per heavy atom. The van der Waals surface area contributed by atoms with Gasteiger partial charge in [-0.1, -0.05) is 6.92 Å². The second-order valence-electron chi connectivity index (χ2n) is 3.57. The molecule has 5 atom stereocenters. The van der Waals surface area contributed by atoms with Gasteiger partial charge >= 0.3 is 0 Å². The van der Waals surface area contributed by atoms with Crippen molar-refractivity contribution in [2.24, 2.45) is 0 Å². The van der Waals surface area contributed by atoms with Crippen LogP contribution in [-0.4, -0.2) is 64.3 Å². The molecule has 0 amide bonds. The minimum absolute atomic E-state index is 0.378. The van der Waals surface area contributed by atoms with E-state index in [4.69, 9.17) is 14.6 Å². The van der Waals surface area contributed by atoms with Crippen LogP contribution in [0.1, 0.15) is 13.3 Å². The summed E-state index contributed by atoms with van der Waals surface area (Å²) in [6.45, 7) is 1.84. The number of rotatable bonds is 4. The van der Waals surface area contributed by atoms with Crippen molar-refractivity contribution in [1.29, 1.82) is 0 Å². The first-order valence-corrected chi connectivity index (χ1v) is 5.04. The SMILES string of the molecule is CCCOC1OC(CO)C(O)C(O)C1O. The Kier molecular flexibility index (Phi) is 4.91. The van der Waals surface area contributed by atoms with Crippen LogP contribution < -0.4 is 0 Å². The lowest BCUT2D eigenvalue weighted by Gasteiger charge is -2.39. The molecular formula is C9H18O6. The lowest BCUT2D eigenvalue weighted by molar-refractivity contribution is -0.300. The Labute approximate surface area is 88.1 Å². The van der Waals surface area contributed by atoms with Crippen LogP contribution in [0, 0.1) is 0 Å². The average Bonchev–Trinajstić information content (AvgIpc) is 2.25. The Hall–Kier alpha value is -0.240. The monoisotopic (exact) mass is 222 g/mol. The number of hydrogen-bond acceptors (Lipinski definition) is 6. The van der Waals surface area contributed by atoms with E-state index in [-0.39, 0.29) is 0 Å². The molecule has 6 heteroatoms. The average molecular weight is 222 g/mol. The van der Waals surface area contributed by atoms with Crippen LogP contribution in [0.2, 0.25) is 0 Å². The molecule has 5 unspecified atom stereocenters. The van der Waals surface area contributed by atoms with E-state index in [9.17, 15) is 15.3 Å². The Morgan fingerprint density at radius 2 is 1.80 bits per heavy atom. The van der Waals surface area contributed by atoms with Crippen LogP contribution in [-0.2, 0) is 9.47 Å². The van der Waals surface area contributed by atoms with Gasteiger partial charge in [0.2, 0.25) is 0 Å². The van der Waals surface area contributed by atoms with Crippen molar-refractivity contribution in [2.75, 3.05) is 13.2 Å². The predicted molar refractivity (Wildman–Crippen MR) is 50.0 cm³/mol. The van der Waals surface area contributed by atoms with Crippen molar-refractivity contribution < 1.29 is 29.9 Å². The molecule has 1 aliphatic rings. The van der Waals surface area contributed by atoms with Crippen molar-refractivity contribution >= 4 is 0 Å². The highest BCUT2D eigenvalue weighted by Crippen LogP contribution is 2.21. The molecule has 1 fully saturated rings. The third kappa shape index (κ3) is 2.87. The van der Waals surface area contributed by atoms with Crippen LogP contribution in [0.25, 0.3) is 0 Å². The van der Waals surface area contributed by atoms with Gasteiger partial charge < -0.3 is 29.9 Å². The lowest BCUT2D eigenvalue weighted by atomic mass is 9.99. The molecule has 0 spiro atoms. The van der Waals surface area contributed by atoms with Crippen LogP contribution in [0.3, 0.4) is 0 Å². The third-order valence-corrected chi connectivity index (χ3v) is 2.33. The molecule has 0 aromatic carbocycles. The summed E-state index contributed by atoms with van der Waals surface area (Å²) in [6, 6.07) is 0. The summed E-state index contributed by atoms with van der Waals surface area (Å²) < 4.78 is 10.2. The van der Waals surface area contributed by atoms with Crippen molar-refractivity contribution in [2.45, 2.75) is 44.1 Å². The van der Waals surface area contributed by atoms with E-state index in [0.29, 0.717) is 6.61 Å². The molecule has 6 nitrogen and oxygen atoms in total. The molecule has 1 rings (SSSR count). The standard InChI is InChI=1S/C9H18O6/c1-2-3-14-9-8(13)7(12)6(11)5(4-10)15-9/h5-13H,2-4H2,1H3. The molecule has 90 valence electrons. The minimum atomic E-state index is -1.36. The molecule has 4 N–H and O–H groups in total. The molecule has 0 radical (unpaired) electrons. The van der Waals surface area contributed by atoms with Crippen molar-refractivity contribution in [1.82, 2.24) is 0 Å². The van der Waals surface area contributed by atoms with E-state index in [1.54, 1.807) is 0 Å². The molecule has 1 heterocycles. The smallest absolute Gasteiger partial charge is 0.186 e. The summed E-state index contributed by atoms with van der Waals surface area (Å²) in [6.07, 6.45) is -5.14. The Bertz CT molecular complexity index is 185. The molecule has 0 aromatic rings. The summed E-state index contributed by atoms with van der Waals surface area (Å²) in [5, 5.41) is 37.2. The quantitative estimate of drug-likeness (QED) is 0.448. The zero-order chi connectivity index (χ0) is 11.4. The fourth-order valence-corrected chi connectivity index (χ4v) is 1.44. The van der Waals surface area contributed by atoms with Crippen LogP contribution in [0.4, 0.5) is 0 Å². The van der Waals surface area contributed by atoms with E-state index in [0.717, 1.165) is 6.42 Å². The fourth-order valence-electron chi connectivity index (χ4n) is 1.44. The first kappa shape index (κ1) is 12.8. The molecule has 0 aromatic heterocycles. The van der Waals surface area contributed by atoms with E-state index < -0.39 is 37.3 Å². The van der Waals surface area contributed by atoms with E-state index in [1.807, 2.05) is 6.92 Å². The number of hydrogen-bond donors (Lipinski definition) is 4. The molecule has 0 bridgehead atoms. The maximum atomic E-state index is 9.51. The molecular weight excluding hydrogens is 204 g/mol. The van der Waals surface area contributed by atoms with Crippen LogP contribution >= 0.6 is 0 Å². The van der Waals surface area contributed by atoms with Gasteiger partial charge in [0.1, 0.15) is 24.4 Å². The number of ether oxygens (including phenoxy) is 2. The maximum Gasteiger partial charge on any atom is 0.186 e. The highest BCUT2D eigenvalue weighted by atomic mass is 16.7. The Morgan fingerprint density at radius 3 is 2.33 bits per heavy atom. The minimum Gasteiger partial charge on any atom is -0.394 e. The highest BCUT2D eigenvalue weighted by molar-refractivity contribution is 4.88. The second kappa shape index (κ2) is 5.74. The number of aliphatic hydroxyl groups excluding tert-OH is 4. The summed E-state index contributed by atoms with van der Waals surface area (Å²) in [7, 11) is 0. The zero-order valence-corrected chi connectivity index (χ0v) is 8.61. The molecule has 0 saturated carbocycles. The van der Waals surface area contributed by atoms with Crippen molar-refractivity contribution in [3.63, 3.8) is 0 Å². The first-order chi connectivity index (χ1) is 7.11. The van der Waals surface area contributed by atoms with Gasteiger partial charge in [-0.15, -0.1) is 0 Å². The maximum absolute atomic E-state index is 9.51. The largest absolute Gasteiger partial charge is 0.394 e. The molecule has 1 aliphatic heterocycles. The highest BCUT2D eigenvalue weighted by Gasteiger charge is 2.43.